The van der Waals surface area contributed by atoms with Crippen molar-refractivity contribution < 1.29 is 22.7 Å². The number of carbonyl (C=O) groups is 1. The van der Waals surface area contributed by atoms with Gasteiger partial charge in [0.2, 0.25) is 0 Å². The lowest BCUT2D eigenvalue weighted by Crippen LogP contribution is -2.50. The fraction of sp³-hybridized carbons (Fsp3) is 0.591. The number of hydrogen-bond donors (Lipinski definition) is 0. The van der Waals surface area contributed by atoms with Crippen LogP contribution in [0.1, 0.15) is 24.2 Å². The van der Waals surface area contributed by atoms with Crippen molar-refractivity contribution in [1.29, 1.82) is 0 Å². The van der Waals surface area contributed by atoms with Gasteiger partial charge in [0.05, 0.1) is 18.7 Å². The SMILES string of the molecule is CC(C)N1CCN(C(=O)c2ccc3c(c2)cc(N2CCOCC2)n3CC(F)(F)F)CC1. The summed E-state index contributed by atoms with van der Waals surface area (Å²) in [5.41, 5.74) is 1.00. The van der Waals surface area contributed by atoms with Crippen LogP contribution in [0.15, 0.2) is 24.3 Å². The number of piperazine rings is 1. The summed E-state index contributed by atoms with van der Waals surface area (Å²) in [7, 11) is 0. The second-order valence-electron chi connectivity index (χ2n) is 8.50. The molecule has 0 N–H and O–H groups in total. The zero-order chi connectivity index (χ0) is 22.2. The molecule has 2 fully saturated rings. The number of ether oxygens (including phenoxy) is 1. The number of fused-ring (bicyclic) bond motifs is 1. The molecule has 0 atom stereocenters. The molecule has 170 valence electrons. The number of benzene rings is 1. The third-order valence-corrected chi connectivity index (χ3v) is 6.13. The Morgan fingerprint density at radius 3 is 2.32 bits per heavy atom. The third-order valence-electron chi connectivity index (χ3n) is 6.13. The Labute approximate surface area is 180 Å². The van der Waals surface area contributed by atoms with E-state index in [-0.39, 0.29) is 5.91 Å². The monoisotopic (exact) mass is 438 g/mol. The predicted molar refractivity (Wildman–Crippen MR) is 114 cm³/mol. The molecule has 0 bridgehead atoms. The van der Waals surface area contributed by atoms with Crippen LogP contribution in [-0.2, 0) is 11.3 Å². The standard InChI is InChI=1S/C22H29F3N4O2/c1-16(2)26-5-7-28(8-6-26)21(30)17-3-4-19-18(13-17)14-20(27-9-11-31-12-10-27)29(19)15-22(23,24)25/h3-4,13-14,16H,5-12,15H2,1-2H3. The van der Waals surface area contributed by atoms with E-state index >= 15 is 0 Å². The van der Waals surface area contributed by atoms with Gasteiger partial charge in [-0.3, -0.25) is 9.69 Å². The summed E-state index contributed by atoms with van der Waals surface area (Å²) < 4.78 is 46.6. The molecule has 4 rings (SSSR count). The van der Waals surface area contributed by atoms with Crippen LogP contribution in [0, 0.1) is 0 Å². The molecule has 0 radical (unpaired) electrons. The lowest BCUT2D eigenvalue weighted by atomic mass is 10.1. The van der Waals surface area contributed by atoms with Gasteiger partial charge in [-0.1, -0.05) is 0 Å². The van der Waals surface area contributed by atoms with E-state index in [2.05, 4.69) is 18.7 Å². The summed E-state index contributed by atoms with van der Waals surface area (Å²) in [6.45, 7) is 8.25. The van der Waals surface area contributed by atoms with Crippen LogP contribution in [0.2, 0.25) is 0 Å². The second kappa shape index (κ2) is 8.70. The van der Waals surface area contributed by atoms with Crippen molar-refractivity contribution in [1.82, 2.24) is 14.4 Å². The number of anilines is 1. The maximum Gasteiger partial charge on any atom is 0.406 e. The Morgan fingerprint density at radius 2 is 1.71 bits per heavy atom. The topological polar surface area (TPSA) is 40.9 Å². The summed E-state index contributed by atoms with van der Waals surface area (Å²) in [4.78, 5) is 19.1. The molecule has 2 aromatic rings. The van der Waals surface area contributed by atoms with E-state index in [1.54, 1.807) is 24.3 Å². The van der Waals surface area contributed by atoms with Crippen molar-refractivity contribution in [3.63, 3.8) is 0 Å². The van der Waals surface area contributed by atoms with Crippen LogP contribution in [0.4, 0.5) is 19.0 Å². The van der Waals surface area contributed by atoms with Crippen molar-refractivity contribution in [2.24, 2.45) is 0 Å². The predicted octanol–water partition coefficient (Wildman–Crippen LogP) is 3.21. The molecule has 3 heterocycles. The normalized spacial score (nSPS) is 18.9. The summed E-state index contributed by atoms with van der Waals surface area (Å²) in [6, 6.07) is 7.22. The van der Waals surface area contributed by atoms with E-state index in [0.717, 1.165) is 13.1 Å². The smallest absolute Gasteiger partial charge is 0.378 e. The molecule has 31 heavy (non-hydrogen) atoms. The van der Waals surface area contributed by atoms with E-state index in [1.165, 1.54) is 4.57 Å². The van der Waals surface area contributed by atoms with Crippen molar-refractivity contribution in [3.05, 3.63) is 29.8 Å². The average molecular weight is 438 g/mol. The number of amides is 1. The molecule has 2 saturated heterocycles. The summed E-state index contributed by atoms with van der Waals surface area (Å²) in [5.74, 6) is 0.451. The molecular weight excluding hydrogens is 409 g/mol. The molecule has 0 unspecified atom stereocenters. The Bertz CT molecular complexity index is 927. The van der Waals surface area contributed by atoms with Gasteiger partial charge in [0.25, 0.3) is 5.91 Å². The number of morpholine rings is 1. The van der Waals surface area contributed by atoms with Gasteiger partial charge >= 0.3 is 6.18 Å². The van der Waals surface area contributed by atoms with Gasteiger partial charge in [-0.15, -0.1) is 0 Å². The fourth-order valence-corrected chi connectivity index (χ4v) is 4.41. The van der Waals surface area contributed by atoms with Crippen molar-refractivity contribution in [2.75, 3.05) is 57.4 Å². The lowest BCUT2D eigenvalue weighted by Gasteiger charge is -2.37. The first-order valence-electron chi connectivity index (χ1n) is 10.8. The minimum Gasteiger partial charge on any atom is -0.378 e. The number of hydrogen-bond acceptors (Lipinski definition) is 4. The van der Waals surface area contributed by atoms with Gasteiger partial charge in [-0.25, -0.2) is 0 Å². The van der Waals surface area contributed by atoms with E-state index in [1.807, 2.05) is 9.80 Å². The van der Waals surface area contributed by atoms with Gasteiger partial charge < -0.3 is 19.1 Å². The summed E-state index contributed by atoms with van der Waals surface area (Å²) >= 11 is 0. The minimum absolute atomic E-state index is 0.0678. The third kappa shape index (κ3) is 4.82. The highest BCUT2D eigenvalue weighted by molar-refractivity contribution is 5.99. The van der Waals surface area contributed by atoms with Crippen LogP contribution in [-0.4, -0.2) is 85.0 Å². The number of nitrogens with zero attached hydrogens (tertiary/aromatic N) is 4. The minimum atomic E-state index is -4.34. The van der Waals surface area contributed by atoms with Gasteiger partial charge in [0.15, 0.2) is 0 Å². The van der Waals surface area contributed by atoms with Gasteiger partial charge in [-0.05, 0) is 38.1 Å². The first-order chi connectivity index (χ1) is 14.7. The molecular formula is C22H29F3N4O2. The largest absolute Gasteiger partial charge is 0.406 e. The lowest BCUT2D eigenvalue weighted by molar-refractivity contribution is -0.139. The molecule has 2 aliphatic heterocycles. The van der Waals surface area contributed by atoms with Crippen LogP contribution in [0.5, 0.6) is 0 Å². The van der Waals surface area contributed by atoms with E-state index in [0.29, 0.717) is 67.7 Å². The maximum atomic E-state index is 13.3. The van der Waals surface area contributed by atoms with Crippen molar-refractivity contribution in [2.45, 2.75) is 32.6 Å². The number of carbonyl (C=O) groups excluding carboxylic acids is 1. The highest BCUT2D eigenvalue weighted by atomic mass is 19.4. The zero-order valence-electron chi connectivity index (χ0n) is 18.0. The molecule has 1 amide bonds. The van der Waals surface area contributed by atoms with Crippen LogP contribution in [0.3, 0.4) is 0 Å². The summed E-state index contributed by atoms with van der Waals surface area (Å²) in [5, 5.41) is 0.650. The first kappa shape index (κ1) is 22.0. The molecule has 2 aliphatic rings. The van der Waals surface area contributed by atoms with Crippen LogP contribution in [0.25, 0.3) is 10.9 Å². The van der Waals surface area contributed by atoms with E-state index in [4.69, 9.17) is 4.74 Å². The maximum absolute atomic E-state index is 13.3. The molecule has 0 aliphatic carbocycles. The van der Waals surface area contributed by atoms with Gasteiger partial charge in [0, 0.05) is 56.3 Å². The first-order valence-corrected chi connectivity index (χ1v) is 10.8. The molecule has 0 saturated carbocycles. The quantitative estimate of drug-likeness (QED) is 0.735. The molecule has 0 spiro atoms. The number of halogens is 3. The van der Waals surface area contributed by atoms with E-state index in [9.17, 15) is 18.0 Å². The Kier molecular flexibility index (Phi) is 6.16. The highest BCUT2D eigenvalue weighted by Crippen LogP contribution is 2.32. The second-order valence-corrected chi connectivity index (χ2v) is 8.50. The highest BCUT2D eigenvalue weighted by Gasteiger charge is 2.31. The van der Waals surface area contributed by atoms with Gasteiger partial charge in [0.1, 0.15) is 12.4 Å². The molecule has 9 heteroatoms. The molecule has 1 aromatic heterocycles. The summed E-state index contributed by atoms with van der Waals surface area (Å²) in [6.07, 6.45) is -4.34. The van der Waals surface area contributed by atoms with E-state index < -0.39 is 12.7 Å². The number of rotatable bonds is 4. The average Bonchev–Trinajstić information content (AvgIpc) is 3.10. The number of alkyl halides is 3. The van der Waals surface area contributed by atoms with Crippen molar-refractivity contribution >= 4 is 22.6 Å². The Hall–Kier alpha value is -2.26. The number of aromatic nitrogens is 1. The molecule has 6 nitrogen and oxygen atoms in total. The Morgan fingerprint density at radius 1 is 1.03 bits per heavy atom. The van der Waals surface area contributed by atoms with Crippen LogP contribution < -0.4 is 4.90 Å². The van der Waals surface area contributed by atoms with Crippen LogP contribution >= 0.6 is 0 Å². The molecule has 1 aromatic carbocycles. The Balaban J connectivity index is 1.62. The van der Waals surface area contributed by atoms with Gasteiger partial charge in [-0.2, -0.15) is 13.2 Å². The van der Waals surface area contributed by atoms with Crippen molar-refractivity contribution in [3.8, 4) is 0 Å². The fourth-order valence-electron chi connectivity index (χ4n) is 4.41. The zero-order valence-corrected chi connectivity index (χ0v) is 18.0.